The lowest BCUT2D eigenvalue weighted by atomic mass is 10.1. The Morgan fingerprint density at radius 2 is 2.10 bits per heavy atom. The monoisotopic (exact) mass is 385 g/mol. The Labute approximate surface area is 138 Å². The van der Waals surface area contributed by atoms with Crippen LogP contribution in [0.4, 0.5) is 10.1 Å². The number of anilines is 1. The molecule has 0 aliphatic rings. The Balaban J connectivity index is 1.98. The van der Waals surface area contributed by atoms with Crippen LogP contribution in [0.2, 0.25) is 4.34 Å². The molecule has 1 aromatic carbocycles. The average molecular weight is 387 g/mol. The maximum absolute atomic E-state index is 14.0. The van der Waals surface area contributed by atoms with Gasteiger partial charge in [-0.05, 0) is 42.5 Å². The SMILES string of the molecule is Fc1ccc(Br)cc1NC(c1ccco1)c1ccc(Cl)s1. The van der Waals surface area contributed by atoms with Gasteiger partial charge in [0.15, 0.2) is 0 Å². The van der Waals surface area contributed by atoms with E-state index in [0.717, 1.165) is 9.35 Å². The highest BCUT2D eigenvalue weighted by Crippen LogP contribution is 2.35. The van der Waals surface area contributed by atoms with E-state index in [1.165, 1.54) is 17.4 Å². The first-order valence-corrected chi connectivity index (χ1v) is 8.12. The molecule has 0 aliphatic heterocycles. The second-order valence-electron chi connectivity index (χ2n) is 4.36. The highest BCUT2D eigenvalue weighted by atomic mass is 79.9. The number of hydrogen-bond donors (Lipinski definition) is 1. The molecule has 6 heteroatoms. The largest absolute Gasteiger partial charge is 0.467 e. The van der Waals surface area contributed by atoms with Gasteiger partial charge in [0, 0.05) is 9.35 Å². The van der Waals surface area contributed by atoms with E-state index in [2.05, 4.69) is 21.2 Å². The van der Waals surface area contributed by atoms with Crippen LogP contribution in [0.1, 0.15) is 16.7 Å². The fraction of sp³-hybridized carbons (Fsp3) is 0.0667. The van der Waals surface area contributed by atoms with Crippen molar-refractivity contribution >= 4 is 44.6 Å². The lowest BCUT2D eigenvalue weighted by molar-refractivity contribution is 0.499. The molecule has 0 saturated heterocycles. The molecule has 2 nitrogen and oxygen atoms in total. The van der Waals surface area contributed by atoms with E-state index in [0.29, 0.717) is 15.8 Å². The predicted molar refractivity (Wildman–Crippen MR) is 87.6 cm³/mol. The van der Waals surface area contributed by atoms with Crippen molar-refractivity contribution in [1.82, 2.24) is 0 Å². The van der Waals surface area contributed by atoms with Crippen molar-refractivity contribution in [2.24, 2.45) is 0 Å². The summed E-state index contributed by atoms with van der Waals surface area (Å²) in [5.41, 5.74) is 0.398. The summed E-state index contributed by atoms with van der Waals surface area (Å²) in [5.74, 6) is 0.380. The van der Waals surface area contributed by atoms with Gasteiger partial charge in [-0.15, -0.1) is 11.3 Å². The lowest BCUT2D eigenvalue weighted by Gasteiger charge is -2.17. The van der Waals surface area contributed by atoms with Crippen LogP contribution in [-0.2, 0) is 0 Å². The van der Waals surface area contributed by atoms with Gasteiger partial charge in [0.1, 0.15) is 17.6 Å². The van der Waals surface area contributed by atoms with Crippen molar-refractivity contribution in [3.8, 4) is 0 Å². The molecule has 0 radical (unpaired) electrons. The van der Waals surface area contributed by atoms with Gasteiger partial charge in [-0.3, -0.25) is 0 Å². The number of benzene rings is 1. The van der Waals surface area contributed by atoms with E-state index in [1.54, 1.807) is 24.5 Å². The van der Waals surface area contributed by atoms with E-state index in [4.69, 9.17) is 16.0 Å². The Hall–Kier alpha value is -1.30. The molecule has 3 aromatic rings. The van der Waals surface area contributed by atoms with E-state index < -0.39 is 0 Å². The molecule has 1 atom stereocenters. The van der Waals surface area contributed by atoms with Gasteiger partial charge >= 0.3 is 0 Å². The molecule has 1 N–H and O–H groups in total. The van der Waals surface area contributed by atoms with Crippen LogP contribution in [0, 0.1) is 5.82 Å². The minimum absolute atomic E-state index is 0.290. The molecule has 0 amide bonds. The van der Waals surface area contributed by atoms with Crippen LogP contribution in [0.15, 0.2) is 57.6 Å². The van der Waals surface area contributed by atoms with Crippen molar-refractivity contribution in [3.63, 3.8) is 0 Å². The summed E-state index contributed by atoms with van der Waals surface area (Å²) >= 11 is 10.8. The molecule has 1 unspecified atom stereocenters. The summed E-state index contributed by atoms with van der Waals surface area (Å²) in [6.45, 7) is 0. The van der Waals surface area contributed by atoms with Gasteiger partial charge in [0.2, 0.25) is 0 Å². The van der Waals surface area contributed by atoms with Crippen molar-refractivity contribution < 1.29 is 8.81 Å². The third-order valence-electron chi connectivity index (χ3n) is 2.93. The highest BCUT2D eigenvalue weighted by Gasteiger charge is 2.20. The fourth-order valence-corrected chi connectivity index (χ4v) is 3.47. The first kappa shape index (κ1) is 14.6. The predicted octanol–water partition coefficient (Wildman–Crippen LogP) is 6.10. The normalized spacial score (nSPS) is 12.3. The van der Waals surface area contributed by atoms with Crippen LogP contribution in [0.5, 0.6) is 0 Å². The van der Waals surface area contributed by atoms with Crippen molar-refractivity contribution in [3.05, 3.63) is 74.0 Å². The molecule has 2 aromatic heterocycles. The molecule has 0 saturated carbocycles. The average Bonchev–Trinajstić information content (AvgIpc) is 3.11. The van der Waals surface area contributed by atoms with Gasteiger partial charge in [-0.2, -0.15) is 0 Å². The Morgan fingerprint density at radius 1 is 1.24 bits per heavy atom. The number of thiophene rings is 1. The lowest BCUT2D eigenvalue weighted by Crippen LogP contribution is -2.11. The minimum atomic E-state index is -0.322. The second kappa shape index (κ2) is 6.22. The first-order valence-electron chi connectivity index (χ1n) is 6.14. The second-order valence-corrected chi connectivity index (χ2v) is 7.02. The number of hydrogen-bond acceptors (Lipinski definition) is 3. The third-order valence-corrected chi connectivity index (χ3v) is 4.72. The zero-order chi connectivity index (χ0) is 14.8. The van der Waals surface area contributed by atoms with Gasteiger partial charge in [0.25, 0.3) is 0 Å². The Morgan fingerprint density at radius 3 is 2.76 bits per heavy atom. The third kappa shape index (κ3) is 3.31. The van der Waals surface area contributed by atoms with Gasteiger partial charge in [-0.25, -0.2) is 4.39 Å². The van der Waals surface area contributed by atoms with Crippen LogP contribution in [-0.4, -0.2) is 0 Å². The minimum Gasteiger partial charge on any atom is -0.467 e. The van der Waals surface area contributed by atoms with Crippen LogP contribution < -0.4 is 5.32 Å². The number of halogens is 3. The summed E-state index contributed by atoms with van der Waals surface area (Å²) in [4.78, 5) is 0.953. The van der Waals surface area contributed by atoms with Crippen molar-refractivity contribution in [2.75, 3.05) is 5.32 Å². The standard InChI is InChI=1S/C15H10BrClFNOS/c16-9-3-4-10(18)11(8-9)19-15(12-2-1-7-20-12)13-5-6-14(17)21-13/h1-8,15,19H. The molecule has 0 spiro atoms. The summed E-state index contributed by atoms with van der Waals surface area (Å²) in [7, 11) is 0. The zero-order valence-corrected chi connectivity index (χ0v) is 13.8. The molecule has 0 aliphatic carbocycles. The van der Waals surface area contributed by atoms with Gasteiger partial charge in [-0.1, -0.05) is 27.5 Å². The Bertz CT molecular complexity index is 744. The fourth-order valence-electron chi connectivity index (χ4n) is 1.99. The molecule has 2 heterocycles. The van der Waals surface area contributed by atoms with E-state index in [-0.39, 0.29) is 11.9 Å². The Kier molecular flexibility index (Phi) is 4.33. The molecular weight excluding hydrogens is 377 g/mol. The molecular formula is C15H10BrClFNOS. The van der Waals surface area contributed by atoms with E-state index in [1.807, 2.05) is 18.2 Å². The molecule has 0 fully saturated rings. The topological polar surface area (TPSA) is 25.2 Å². The van der Waals surface area contributed by atoms with Crippen LogP contribution >= 0.6 is 38.9 Å². The maximum Gasteiger partial charge on any atom is 0.146 e. The highest BCUT2D eigenvalue weighted by molar-refractivity contribution is 9.10. The maximum atomic E-state index is 14.0. The molecule has 21 heavy (non-hydrogen) atoms. The molecule has 0 bridgehead atoms. The van der Waals surface area contributed by atoms with Crippen LogP contribution in [0.25, 0.3) is 0 Å². The number of nitrogens with one attached hydrogen (secondary N) is 1. The first-order chi connectivity index (χ1) is 10.1. The summed E-state index contributed by atoms with van der Waals surface area (Å²) in [5, 5.41) is 3.17. The summed E-state index contributed by atoms with van der Waals surface area (Å²) in [6.07, 6.45) is 1.59. The van der Waals surface area contributed by atoms with Crippen LogP contribution in [0.3, 0.4) is 0 Å². The summed E-state index contributed by atoms with van der Waals surface area (Å²) < 4.78 is 20.9. The van der Waals surface area contributed by atoms with Crippen molar-refractivity contribution in [2.45, 2.75) is 6.04 Å². The van der Waals surface area contributed by atoms with Crippen molar-refractivity contribution in [1.29, 1.82) is 0 Å². The quantitative estimate of drug-likeness (QED) is 0.586. The zero-order valence-electron chi connectivity index (χ0n) is 10.6. The smallest absolute Gasteiger partial charge is 0.146 e. The number of rotatable bonds is 4. The van der Waals surface area contributed by atoms with Gasteiger partial charge in [0.05, 0.1) is 16.3 Å². The van der Waals surface area contributed by atoms with E-state index in [9.17, 15) is 4.39 Å². The molecule has 3 rings (SSSR count). The number of furan rings is 1. The summed E-state index contributed by atoms with van der Waals surface area (Å²) in [6, 6.07) is 11.8. The molecule has 108 valence electrons. The van der Waals surface area contributed by atoms with Gasteiger partial charge < -0.3 is 9.73 Å². The van der Waals surface area contributed by atoms with E-state index >= 15 is 0 Å².